The highest BCUT2D eigenvalue weighted by Gasteiger charge is 2.56. The number of benzene rings is 3. The predicted molar refractivity (Wildman–Crippen MR) is 151 cm³/mol. The number of hydrogen-bond donors (Lipinski definition) is 2. The van der Waals surface area contributed by atoms with Gasteiger partial charge in [-0.2, -0.15) is 13.2 Å². The molecule has 3 atom stereocenters. The molecule has 1 fully saturated rings. The lowest BCUT2D eigenvalue weighted by molar-refractivity contribution is -0.137. The van der Waals surface area contributed by atoms with Crippen LogP contribution in [0, 0.1) is 5.92 Å². The first kappa shape index (κ1) is 27.8. The standard InChI is InChI=1S/C29H20F3N3O5S2/c30-29(31,32)16-5-4-8-18(13-16)35-26(37)22-21(23-25(34-28(39)42-23)41-24(22)27(35)38)15-9-11-19(12-10-15)40-14-20(36)33-17-6-2-1-3-7-17/h1-13,21-22,24H,14H2,(H,33,36)(H,34,39)/t21-,22?,24?/m1/s1. The maximum atomic E-state index is 13.8. The van der Waals surface area contributed by atoms with Crippen LogP contribution in [0.25, 0.3) is 0 Å². The number of ether oxygens (including phenoxy) is 1. The van der Waals surface area contributed by atoms with E-state index in [4.69, 9.17) is 4.74 Å². The van der Waals surface area contributed by atoms with Gasteiger partial charge in [0, 0.05) is 16.5 Å². The van der Waals surface area contributed by atoms with Crippen molar-refractivity contribution in [1.29, 1.82) is 0 Å². The lowest BCUT2D eigenvalue weighted by Crippen LogP contribution is -2.32. The number of hydrogen-bond acceptors (Lipinski definition) is 7. The first-order chi connectivity index (χ1) is 20.1. The summed E-state index contributed by atoms with van der Waals surface area (Å²) in [6, 6.07) is 19.6. The lowest BCUT2D eigenvalue weighted by Gasteiger charge is -2.29. The summed E-state index contributed by atoms with van der Waals surface area (Å²) >= 11 is 1.95. The Morgan fingerprint density at radius 1 is 0.952 bits per heavy atom. The molecule has 2 aliphatic heterocycles. The SMILES string of the molecule is O=C(COc1ccc([C@H]2c3sc(=O)[nH]c3SC3C(=O)N(c4cccc(C(F)(F)F)c4)C(=O)C32)cc1)Nc1ccccc1. The van der Waals surface area contributed by atoms with E-state index in [1.807, 2.05) is 6.07 Å². The quantitative estimate of drug-likeness (QED) is 0.288. The number of para-hydroxylation sites is 1. The van der Waals surface area contributed by atoms with Gasteiger partial charge in [0.2, 0.25) is 11.8 Å². The fraction of sp³-hybridized carbons (Fsp3) is 0.172. The van der Waals surface area contributed by atoms with Crippen LogP contribution in [0.15, 0.2) is 88.7 Å². The summed E-state index contributed by atoms with van der Waals surface area (Å²) in [6.45, 7) is -0.248. The van der Waals surface area contributed by atoms with Crippen LogP contribution >= 0.6 is 23.1 Å². The average Bonchev–Trinajstić information content (AvgIpc) is 3.46. The molecule has 2 unspecified atom stereocenters. The molecule has 2 N–H and O–H groups in total. The van der Waals surface area contributed by atoms with E-state index in [-0.39, 0.29) is 23.1 Å². The number of carbonyl (C=O) groups is 3. The molecule has 8 nitrogen and oxygen atoms in total. The highest BCUT2D eigenvalue weighted by molar-refractivity contribution is 8.00. The normalized spacial score (nSPS) is 19.8. The van der Waals surface area contributed by atoms with Gasteiger partial charge < -0.3 is 15.0 Å². The zero-order valence-corrected chi connectivity index (χ0v) is 23.0. The van der Waals surface area contributed by atoms with E-state index in [2.05, 4.69) is 10.3 Å². The molecule has 0 bridgehead atoms. The third-order valence-electron chi connectivity index (χ3n) is 6.92. The number of imide groups is 1. The number of thioether (sulfide) groups is 1. The van der Waals surface area contributed by atoms with Gasteiger partial charge in [-0.3, -0.25) is 19.2 Å². The molecule has 1 saturated heterocycles. The van der Waals surface area contributed by atoms with E-state index in [0.29, 0.717) is 26.9 Å². The molecule has 3 aromatic carbocycles. The highest BCUT2D eigenvalue weighted by Crippen LogP contribution is 2.53. The van der Waals surface area contributed by atoms with Crippen LogP contribution in [0.4, 0.5) is 24.5 Å². The zero-order chi connectivity index (χ0) is 29.6. The second-order valence-electron chi connectivity index (χ2n) is 9.58. The summed E-state index contributed by atoms with van der Waals surface area (Å²) in [7, 11) is 0. The average molecular weight is 612 g/mol. The van der Waals surface area contributed by atoms with Crippen LogP contribution in [0.5, 0.6) is 5.75 Å². The number of halogens is 3. The van der Waals surface area contributed by atoms with Gasteiger partial charge in [-0.1, -0.05) is 59.5 Å². The van der Waals surface area contributed by atoms with Crippen LogP contribution in [0.3, 0.4) is 0 Å². The van der Waals surface area contributed by atoms with Gasteiger partial charge in [0.15, 0.2) is 6.61 Å². The minimum absolute atomic E-state index is 0.164. The van der Waals surface area contributed by atoms with E-state index in [9.17, 15) is 32.3 Å². The van der Waals surface area contributed by atoms with E-state index < -0.39 is 40.6 Å². The molecule has 13 heteroatoms. The van der Waals surface area contributed by atoms with Gasteiger partial charge in [0.25, 0.3) is 5.91 Å². The number of alkyl halides is 3. The first-order valence-corrected chi connectivity index (χ1v) is 14.3. The molecule has 214 valence electrons. The van der Waals surface area contributed by atoms with Crippen molar-refractivity contribution in [3.05, 3.63) is 105 Å². The summed E-state index contributed by atoms with van der Waals surface area (Å²) in [5.41, 5.74) is 0.0939. The second-order valence-corrected chi connectivity index (χ2v) is 11.7. The molecule has 42 heavy (non-hydrogen) atoms. The fourth-order valence-corrected chi connectivity index (χ4v) is 7.61. The van der Waals surface area contributed by atoms with Crippen LogP contribution in [0.2, 0.25) is 0 Å². The number of carbonyl (C=O) groups excluding carboxylic acids is 3. The van der Waals surface area contributed by atoms with Crippen molar-refractivity contribution in [2.75, 3.05) is 16.8 Å². The summed E-state index contributed by atoms with van der Waals surface area (Å²) in [5, 5.41) is 2.21. The number of aromatic amines is 1. The summed E-state index contributed by atoms with van der Waals surface area (Å²) in [5.74, 6) is -2.94. The summed E-state index contributed by atoms with van der Waals surface area (Å²) < 4.78 is 45.7. The van der Waals surface area contributed by atoms with Gasteiger partial charge in [0.05, 0.1) is 22.2 Å². The Bertz CT molecular complexity index is 1740. The molecule has 0 saturated carbocycles. The van der Waals surface area contributed by atoms with E-state index in [1.54, 1.807) is 48.5 Å². The molecular weight excluding hydrogens is 591 g/mol. The summed E-state index contributed by atoms with van der Waals surface area (Å²) in [6.07, 6.45) is -4.65. The second kappa shape index (κ2) is 10.8. The van der Waals surface area contributed by atoms with Crippen molar-refractivity contribution in [2.24, 2.45) is 5.92 Å². The maximum Gasteiger partial charge on any atom is 0.416 e. The molecule has 0 radical (unpaired) electrons. The number of aromatic nitrogens is 1. The smallest absolute Gasteiger partial charge is 0.416 e. The van der Waals surface area contributed by atoms with Gasteiger partial charge in [-0.25, -0.2) is 4.90 Å². The Morgan fingerprint density at radius 2 is 1.69 bits per heavy atom. The summed E-state index contributed by atoms with van der Waals surface area (Å²) in [4.78, 5) is 55.5. The molecule has 3 amide bonds. The molecule has 2 aliphatic rings. The predicted octanol–water partition coefficient (Wildman–Crippen LogP) is 5.27. The molecule has 0 aliphatic carbocycles. The monoisotopic (exact) mass is 611 g/mol. The Balaban J connectivity index is 1.27. The highest BCUT2D eigenvalue weighted by atomic mass is 32.2. The molecule has 3 heterocycles. The van der Waals surface area contributed by atoms with Crippen molar-refractivity contribution < 1.29 is 32.3 Å². The number of rotatable bonds is 6. The van der Waals surface area contributed by atoms with Gasteiger partial charge in [0.1, 0.15) is 11.0 Å². The van der Waals surface area contributed by atoms with Crippen molar-refractivity contribution in [3.8, 4) is 5.75 Å². The maximum absolute atomic E-state index is 13.8. The van der Waals surface area contributed by atoms with E-state index in [1.165, 1.54) is 6.07 Å². The third-order valence-corrected chi connectivity index (χ3v) is 9.32. The Kier molecular flexibility index (Phi) is 7.15. The molecule has 0 spiro atoms. The largest absolute Gasteiger partial charge is 0.484 e. The number of thiazole rings is 1. The Hall–Kier alpha value is -4.36. The molecule has 4 aromatic rings. The number of anilines is 2. The number of nitrogens with one attached hydrogen (secondary N) is 2. The molecular formula is C29H20F3N3O5S2. The van der Waals surface area contributed by atoms with Crippen molar-refractivity contribution in [1.82, 2.24) is 4.98 Å². The van der Waals surface area contributed by atoms with Crippen LogP contribution in [-0.2, 0) is 20.6 Å². The fourth-order valence-electron chi connectivity index (χ4n) is 5.09. The minimum Gasteiger partial charge on any atom is -0.484 e. The van der Waals surface area contributed by atoms with Crippen molar-refractivity contribution in [3.63, 3.8) is 0 Å². The van der Waals surface area contributed by atoms with Gasteiger partial charge in [-0.15, -0.1) is 0 Å². The van der Waals surface area contributed by atoms with E-state index >= 15 is 0 Å². The number of nitrogens with zero attached hydrogens (tertiary/aromatic N) is 1. The third kappa shape index (κ3) is 5.21. The zero-order valence-electron chi connectivity index (χ0n) is 21.4. The van der Waals surface area contributed by atoms with Gasteiger partial charge >= 0.3 is 11.0 Å². The van der Waals surface area contributed by atoms with E-state index in [0.717, 1.165) is 46.2 Å². The lowest BCUT2D eigenvalue weighted by atomic mass is 9.83. The minimum atomic E-state index is -4.65. The van der Waals surface area contributed by atoms with Crippen molar-refractivity contribution >= 4 is 52.2 Å². The molecule has 6 rings (SSSR count). The van der Waals surface area contributed by atoms with Crippen LogP contribution < -0.4 is 19.8 Å². The number of amides is 3. The van der Waals surface area contributed by atoms with Gasteiger partial charge in [-0.05, 0) is 48.0 Å². The van der Waals surface area contributed by atoms with Crippen molar-refractivity contribution in [2.45, 2.75) is 22.4 Å². The Labute approximate surface area is 244 Å². The van der Waals surface area contributed by atoms with Crippen LogP contribution in [0.1, 0.15) is 21.9 Å². The molecule has 1 aromatic heterocycles. The topological polar surface area (TPSA) is 109 Å². The van der Waals surface area contributed by atoms with Crippen LogP contribution in [-0.4, -0.2) is 34.6 Å². The Morgan fingerprint density at radius 3 is 2.40 bits per heavy atom. The number of H-pyrrole nitrogens is 1. The first-order valence-electron chi connectivity index (χ1n) is 12.6. The number of fused-ring (bicyclic) bond motifs is 2.